The van der Waals surface area contributed by atoms with E-state index in [-0.39, 0.29) is 23.8 Å². The number of amides is 1. The van der Waals surface area contributed by atoms with Crippen LogP contribution >= 0.6 is 11.3 Å². The minimum atomic E-state index is -0.343. The van der Waals surface area contributed by atoms with Crippen molar-refractivity contribution in [1.82, 2.24) is 4.98 Å². The average molecular weight is 339 g/mol. The minimum Gasteiger partial charge on any atom is -0.393 e. The fourth-order valence-electron chi connectivity index (χ4n) is 3.43. The van der Waals surface area contributed by atoms with E-state index < -0.39 is 0 Å². The van der Waals surface area contributed by atoms with Crippen LogP contribution in [-0.4, -0.2) is 22.1 Å². The summed E-state index contributed by atoms with van der Waals surface area (Å²) < 4.78 is 0. The van der Waals surface area contributed by atoms with Crippen molar-refractivity contribution in [3.63, 3.8) is 0 Å². The Bertz CT molecular complexity index is 825. The number of carbonyl (C=O) groups is 1. The van der Waals surface area contributed by atoms with Gasteiger partial charge in [-0.15, -0.1) is 11.3 Å². The lowest BCUT2D eigenvalue weighted by Crippen LogP contribution is -2.17. The summed E-state index contributed by atoms with van der Waals surface area (Å²) in [5.41, 5.74) is 2.67. The van der Waals surface area contributed by atoms with Gasteiger partial charge in [-0.2, -0.15) is 5.26 Å². The van der Waals surface area contributed by atoms with Crippen molar-refractivity contribution < 1.29 is 9.90 Å². The number of nitrogens with zero attached hydrogens (tertiary/aromatic N) is 2. The number of aliphatic hydroxyl groups is 1. The van der Waals surface area contributed by atoms with Crippen LogP contribution in [0, 0.1) is 17.2 Å². The molecule has 1 amide bonds. The van der Waals surface area contributed by atoms with Crippen LogP contribution in [0.5, 0.6) is 0 Å². The number of nitrogens with one attached hydrogen (secondary N) is 1. The van der Waals surface area contributed by atoms with E-state index in [1.807, 2.05) is 18.3 Å². The summed E-state index contributed by atoms with van der Waals surface area (Å²) in [5.74, 6) is 0.144. The van der Waals surface area contributed by atoms with Crippen LogP contribution in [0.4, 0.5) is 5.00 Å². The Morgan fingerprint density at radius 1 is 1.50 bits per heavy atom. The predicted molar refractivity (Wildman–Crippen MR) is 90.8 cm³/mol. The zero-order chi connectivity index (χ0) is 16.7. The second-order valence-electron chi connectivity index (χ2n) is 6.44. The van der Waals surface area contributed by atoms with Gasteiger partial charge in [0, 0.05) is 29.6 Å². The summed E-state index contributed by atoms with van der Waals surface area (Å²) in [7, 11) is 0. The molecule has 3 unspecified atom stereocenters. The van der Waals surface area contributed by atoms with Crippen molar-refractivity contribution in [3.8, 4) is 6.07 Å². The highest BCUT2D eigenvalue weighted by molar-refractivity contribution is 7.16. The minimum absolute atomic E-state index is 0.0282. The average Bonchev–Trinajstić information content (AvgIpc) is 3.32. The summed E-state index contributed by atoms with van der Waals surface area (Å²) in [4.78, 5) is 17.7. The highest BCUT2D eigenvalue weighted by Crippen LogP contribution is 2.48. The number of thiophene rings is 1. The number of aliphatic hydroxyl groups excluding tert-OH is 1. The Balaban J connectivity index is 1.50. The highest BCUT2D eigenvalue weighted by atomic mass is 32.1. The molecule has 3 atom stereocenters. The number of aromatic nitrogens is 1. The number of hydrogen-bond acceptors (Lipinski definition) is 5. The van der Waals surface area contributed by atoms with Crippen LogP contribution in [-0.2, 0) is 17.6 Å². The van der Waals surface area contributed by atoms with Gasteiger partial charge in [-0.3, -0.25) is 9.78 Å². The van der Waals surface area contributed by atoms with Crippen LogP contribution in [0.15, 0.2) is 24.5 Å². The number of hydrogen-bond donors (Lipinski definition) is 2. The van der Waals surface area contributed by atoms with Gasteiger partial charge in [0.1, 0.15) is 11.1 Å². The summed E-state index contributed by atoms with van der Waals surface area (Å²) >= 11 is 1.43. The van der Waals surface area contributed by atoms with Crippen LogP contribution < -0.4 is 5.32 Å². The molecule has 2 aromatic rings. The van der Waals surface area contributed by atoms with Gasteiger partial charge < -0.3 is 10.4 Å². The van der Waals surface area contributed by atoms with E-state index in [0.717, 1.165) is 22.4 Å². The lowest BCUT2D eigenvalue weighted by molar-refractivity contribution is -0.117. The van der Waals surface area contributed by atoms with E-state index in [9.17, 15) is 15.2 Å². The summed E-state index contributed by atoms with van der Waals surface area (Å²) in [5, 5.41) is 22.8. The van der Waals surface area contributed by atoms with E-state index in [1.165, 1.54) is 11.3 Å². The van der Waals surface area contributed by atoms with Crippen molar-refractivity contribution in [2.75, 3.05) is 5.32 Å². The normalized spacial score (nSPS) is 24.8. The van der Waals surface area contributed by atoms with Crippen molar-refractivity contribution >= 4 is 22.2 Å². The maximum Gasteiger partial charge on any atom is 0.228 e. The van der Waals surface area contributed by atoms with E-state index in [0.29, 0.717) is 29.8 Å². The molecular weight excluding hydrogens is 322 g/mol. The van der Waals surface area contributed by atoms with E-state index in [1.54, 1.807) is 6.20 Å². The summed E-state index contributed by atoms with van der Waals surface area (Å²) in [6.45, 7) is 0. The first-order valence-corrected chi connectivity index (χ1v) is 8.92. The molecule has 2 aliphatic carbocycles. The third kappa shape index (κ3) is 2.70. The molecule has 0 radical (unpaired) electrons. The maximum absolute atomic E-state index is 12.5. The molecule has 0 saturated heterocycles. The molecule has 24 heavy (non-hydrogen) atoms. The van der Waals surface area contributed by atoms with Crippen LogP contribution in [0.2, 0.25) is 0 Å². The second-order valence-corrected chi connectivity index (χ2v) is 7.55. The van der Waals surface area contributed by atoms with Gasteiger partial charge in [0.15, 0.2) is 0 Å². The predicted octanol–water partition coefficient (Wildman–Crippen LogP) is 2.61. The molecule has 2 N–H and O–H groups in total. The quantitative estimate of drug-likeness (QED) is 0.900. The first kappa shape index (κ1) is 15.3. The largest absolute Gasteiger partial charge is 0.393 e. The Morgan fingerprint density at radius 2 is 2.38 bits per heavy atom. The van der Waals surface area contributed by atoms with Gasteiger partial charge in [-0.25, -0.2) is 0 Å². The topological polar surface area (TPSA) is 86.0 Å². The molecule has 0 spiro atoms. The van der Waals surface area contributed by atoms with Crippen LogP contribution in [0.1, 0.15) is 40.3 Å². The zero-order valence-electron chi connectivity index (χ0n) is 13.0. The Kier molecular flexibility index (Phi) is 3.83. The molecule has 2 heterocycles. The summed E-state index contributed by atoms with van der Waals surface area (Å²) in [6.07, 6.45) is 5.97. The van der Waals surface area contributed by atoms with Gasteiger partial charge in [0.05, 0.1) is 11.7 Å². The van der Waals surface area contributed by atoms with Crippen LogP contribution in [0.25, 0.3) is 0 Å². The van der Waals surface area contributed by atoms with Crippen molar-refractivity contribution in [2.45, 2.75) is 37.7 Å². The molecule has 2 aliphatic rings. The molecule has 0 aliphatic heterocycles. The van der Waals surface area contributed by atoms with Gasteiger partial charge in [-0.1, -0.05) is 6.07 Å². The smallest absolute Gasteiger partial charge is 0.228 e. The molecule has 0 aromatic carbocycles. The number of anilines is 1. The number of pyridine rings is 1. The van der Waals surface area contributed by atoms with Crippen LogP contribution in [0.3, 0.4) is 0 Å². The first-order chi connectivity index (χ1) is 11.7. The van der Waals surface area contributed by atoms with Gasteiger partial charge in [0.25, 0.3) is 0 Å². The van der Waals surface area contributed by atoms with Crippen molar-refractivity contribution in [1.29, 1.82) is 5.26 Å². The van der Waals surface area contributed by atoms with Crippen molar-refractivity contribution in [3.05, 3.63) is 46.1 Å². The molecule has 0 bridgehead atoms. The maximum atomic E-state index is 12.5. The molecular formula is C18H17N3O2S. The molecule has 4 rings (SSSR count). The summed E-state index contributed by atoms with van der Waals surface area (Å²) in [6, 6.07) is 6.11. The first-order valence-electron chi connectivity index (χ1n) is 8.11. The van der Waals surface area contributed by atoms with Gasteiger partial charge in [0.2, 0.25) is 5.91 Å². The zero-order valence-corrected chi connectivity index (χ0v) is 13.8. The Hall–Kier alpha value is -2.23. The molecule has 122 valence electrons. The monoisotopic (exact) mass is 339 g/mol. The number of nitriles is 1. The van der Waals surface area contributed by atoms with Crippen molar-refractivity contribution in [2.24, 2.45) is 5.92 Å². The standard InChI is InChI=1S/C18H17N3O2S/c19-8-15-12-4-3-11(22)6-16(12)24-18(15)21-17(23)14-7-13(14)10-2-1-5-20-9-10/h1-2,5,9,11,13-14,22H,3-4,6-7H2,(H,21,23). The van der Waals surface area contributed by atoms with E-state index in [2.05, 4.69) is 16.4 Å². The molecule has 5 nitrogen and oxygen atoms in total. The lowest BCUT2D eigenvalue weighted by atomic mass is 9.94. The van der Waals surface area contributed by atoms with Gasteiger partial charge >= 0.3 is 0 Å². The SMILES string of the molecule is N#Cc1c(NC(=O)C2CC2c2cccnc2)sc2c1CCC(O)C2. The fourth-order valence-corrected chi connectivity index (χ4v) is 4.70. The number of rotatable bonds is 3. The van der Waals surface area contributed by atoms with E-state index >= 15 is 0 Å². The lowest BCUT2D eigenvalue weighted by Gasteiger charge is -2.16. The Morgan fingerprint density at radius 3 is 3.12 bits per heavy atom. The Labute approximate surface area is 144 Å². The fraction of sp³-hybridized carbons (Fsp3) is 0.389. The number of fused-ring (bicyclic) bond motifs is 1. The third-order valence-electron chi connectivity index (χ3n) is 4.83. The molecule has 1 saturated carbocycles. The second kappa shape index (κ2) is 6.00. The van der Waals surface area contributed by atoms with E-state index in [4.69, 9.17) is 0 Å². The highest BCUT2D eigenvalue weighted by Gasteiger charge is 2.44. The van der Waals surface area contributed by atoms with Gasteiger partial charge in [-0.05, 0) is 42.4 Å². The molecule has 2 aromatic heterocycles. The molecule has 1 fully saturated rings. The molecule has 6 heteroatoms. The third-order valence-corrected chi connectivity index (χ3v) is 6.00. The number of carbonyl (C=O) groups excluding carboxylic acids is 1.